The Labute approximate surface area is 117 Å². The largest absolute Gasteiger partial charge is 0.493 e. The molecule has 0 saturated heterocycles. The topological polar surface area (TPSA) is 9.23 Å². The van der Waals surface area contributed by atoms with E-state index in [2.05, 4.69) is 15.9 Å². The van der Waals surface area contributed by atoms with Gasteiger partial charge in [0.2, 0.25) is 0 Å². The Morgan fingerprint density at radius 2 is 2.00 bits per heavy atom. The maximum atomic E-state index is 5.87. The Morgan fingerprint density at radius 1 is 1.24 bits per heavy atom. The predicted molar refractivity (Wildman–Crippen MR) is 75.8 cm³/mol. The molecule has 0 aromatic heterocycles. The fourth-order valence-electron chi connectivity index (χ4n) is 2.31. The molecule has 17 heavy (non-hydrogen) atoms. The summed E-state index contributed by atoms with van der Waals surface area (Å²) in [6.45, 7) is 0.851. The van der Waals surface area contributed by atoms with Crippen molar-refractivity contribution in [3.8, 4) is 5.75 Å². The van der Waals surface area contributed by atoms with Crippen molar-refractivity contribution in [3.63, 3.8) is 0 Å². The number of hydrogen-bond acceptors (Lipinski definition) is 1. The van der Waals surface area contributed by atoms with Crippen LogP contribution in [0, 0.1) is 5.92 Å². The molecule has 0 radical (unpaired) electrons. The standard InChI is InChI=1S/C14H18BrClO/c15-14-7-6-13(8-12(14)9-16)17-10-11-4-2-1-3-5-11/h6-8,11H,1-5,9-10H2. The molecule has 1 nitrogen and oxygen atoms in total. The molecule has 0 heterocycles. The van der Waals surface area contributed by atoms with E-state index in [1.54, 1.807) is 0 Å². The lowest BCUT2D eigenvalue weighted by molar-refractivity contribution is 0.208. The van der Waals surface area contributed by atoms with Crippen molar-refractivity contribution >= 4 is 27.5 Å². The summed E-state index contributed by atoms with van der Waals surface area (Å²) < 4.78 is 6.92. The minimum atomic E-state index is 0.515. The molecule has 1 aromatic carbocycles. The molecule has 0 bridgehead atoms. The van der Waals surface area contributed by atoms with Crippen LogP contribution in [0.1, 0.15) is 37.7 Å². The molecule has 1 fully saturated rings. The van der Waals surface area contributed by atoms with E-state index in [0.717, 1.165) is 28.3 Å². The second-order valence-corrected chi connectivity index (χ2v) is 5.82. The lowest BCUT2D eigenvalue weighted by atomic mass is 9.90. The SMILES string of the molecule is ClCc1cc(OCC2CCCCC2)ccc1Br. The van der Waals surface area contributed by atoms with E-state index in [0.29, 0.717) is 5.88 Å². The van der Waals surface area contributed by atoms with Crippen LogP contribution in [0.2, 0.25) is 0 Å². The highest BCUT2D eigenvalue weighted by Crippen LogP contribution is 2.27. The molecule has 0 atom stereocenters. The number of rotatable bonds is 4. The van der Waals surface area contributed by atoms with E-state index in [1.807, 2.05) is 18.2 Å². The van der Waals surface area contributed by atoms with E-state index in [4.69, 9.17) is 16.3 Å². The average Bonchev–Trinajstić information content (AvgIpc) is 2.39. The van der Waals surface area contributed by atoms with Gasteiger partial charge in [-0.25, -0.2) is 0 Å². The van der Waals surface area contributed by atoms with Crippen molar-refractivity contribution in [1.82, 2.24) is 0 Å². The van der Waals surface area contributed by atoms with Gasteiger partial charge in [-0.15, -0.1) is 11.6 Å². The van der Waals surface area contributed by atoms with Crippen molar-refractivity contribution in [2.45, 2.75) is 38.0 Å². The van der Waals surface area contributed by atoms with Crippen molar-refractivity contribution in [1.29, 1.82) is 0 Å². The summed E-state index contributed by atoms with van der Waals surface area (Å²) in [6.07, 6.45) is 6.76. The van der Waals surface area contributed by atoms with Gasteiger partial charge < -0.3 is 4.74 Å². The number of alkyl halides is 1. The summed E-state index contributed by atoms with van der Waals surface area (Å²) in [5.74, 6) is 2.20. The summed E-state index contributed by atoms with van der Waals surface area (Å²) in [6, 6.07) is 6.04. The molecular formula is C14H18BrClO. The normalized spacial score (nSPS) is 17.1. The van der Waals surface area contributed by atoms with E-state index >= 15 is 0 Å². The first kappa shape index (κ1) is 13.2. The van der Waals surface area contributed by atoms with Gasteiger partial charge in [0.1, 0.15) is 5.75 Å². The monoisotopic (exact) mass is 316 g/mol. The van der Waals surface area contributed by atoms with E-state index in [1.165, 1.54) is 32.1 Å². The van der Waals surface area contributed by atoms with Crippen LogP contribution in [-0.2, 0) is 5.88 Å². The van der Waals surface area contributed by atoms with Gasteiger partial charge >= 0.3 is 0 Å². The quantitative estimate of drug-likeness (QED) is 0.698. The van der Waals surface area contributed by atoms with Gasteiger partial charge in [-0.1, -0.05) is 35.2 Å². The first-order valence-corrected chi connectivity index (χ1v) is 7.59. The second kappa shape index (κ2) is 6.65. The Hall–Kier alpha value is -0.210. The molecule has 0 N–H and O–H groups in total. The fourth-order valence-corrected chi connectivity index (χ4v) is 3.08. The molecule has 1 aromatic rings. The molecule has 0 amide bonds. The van der Waals surface area contributed by atoms with Crippen LogP contribution in [0.4, 0.5) is 0 Å². The molecular weight excluding hydrogens is 300 g/mol. The Bertz CT molecular complexity index is 361. The van der Waals surface area contributed by atoms with Gasteiger partial charge in [0.05, 0.1) is 6.61 Å². The Morgan fingerprint density at radius 3 is 2.71 bits per heavy atom. The van der Waals surface area contributed by atoms with Crippen molar-refractivity contribution in [2.24, 2.45) is 5.92 Å². The van der Waals surface area contributed by atoms with Crippen LogP contribution in [0.25, 0.3) is 0 Å². The third-order valence-corrected chi connectivity index (χ3v) is 4.43. The van der Waals surface area contributed by atoms with E-state index in [9.17, 15) is 0 Å². The van der Waals surface area contributed by atoms with Gasteiger partial charge in [-0.05, 0) is 42.5 Å². The molecule has 94 valence electrons. The van der Waals surface area contributed by atoms with Gasteiger partial charge in [0.25, 0.3) is 0 Å². The Kier molecular flexibility index (Phi) is 5.17. The molecule has 1 aliphatic carbocycles. The van der Waals surface area contributed by atoms with Crippen molar-refractivity contribution in [2.75, 3.05) is 6.61 Å². The molecule has 3 heteroatoms. The average molecular weight is 318 g/mol. The molecule has 1 aliphatic rings. The van der Waals surface area contributed by atoms with Crippen LogP contribution >= 0.6 is 27.5 Å². The number of ether oxygens (including phenoxy) is 1. The highest BCUT2D eigenvalue weighted by molar-refractivity contribution is 9.10. The highest BCUT2D eigenvalue weighted by Gasteiger charge is 2.14. The number of benzene rings is 1. The number of halogens is 2. The van der Waals surface area contributed by atoms with Crippen LogP contribution in [0.15, 0.2) is 22.7 Å². The molecule has 2 rings (SSSR count). The maximum Gasteiger partial charge on any atom is 0.119 e. The smallest absolute Gasteiger partial charge is 0.119 e. The van der Waals surface area contributed by atoms with Crippen molar-refractivity contribution < 1.29 is 4.74 Å². The summed E-state index contributed by atoms with van der Waals surface area (Å²) in [5, 5.41) is 0. The maximum absolute atomic E-state index is 5.87. The second-order valence-electron chi connectivity index (χ2n) is 4.70. The predicted octanol–water partition coefficient (Wildman–Crippen LogP) is 5.15. The van der Waals surface area contributed by atoms with Gasteiger partial charge in [0.15, 0.2) is 0 Å². The van der Waals surface area contributed by atoms with E-state index < -0.39 is 0 Å². The molecule has 0 spiro atoms. The zero-order chi connectivity index (χ0) is 12.1. The van der Waals surface area contributed by atoms with Crippen LogP contribution in [0.5, 0.6) is 5.75 Å². The summed E-state index contributed by atoms with van der Waals surface area (Å²) in [5.41, 5.74) is 1.09. The van der Waals surface area contributed by atoms with E-state index in [-0.39, 0.29) is 0 Å². The zero-order valence-corrected chi connectivity index (χ0v) is 12.3. The summed E-state index contributed by atoms with van der Waals surface area (Å²) in [4.78, 5) is 0. The van der Waals surface area contributed by atoms with Gasteiger partial charge in [-0.3, -0.25) is 0 Å². The summed E-state index contributed by atoms with van der Waals surface area (Å²) >= 11 is 9.35. The first-order valence-electron chi connectivity index (χ1n) is 6.27. The minimum absolute atomic E-state index is 0.515. The molecule has 1 saturated carbocycles. The first-order chi connectivity index (χ1) is 8.29. The highest BCUT2D eigenvalue weighted by atomic mass is 79.9. The van der Waals surface area contributed by atoms with Crippen LogP contribution in [0.3, 0.4) is 0 Å². The number of hydrogen-bond donors (Lipinski definition) is 0. The molecule has 0 aliphatic heterocycles. The van der Waals surface area contributed by atoms with Gasteiger partial charge in [0, 0.05) is 10.4 Å². The van der Waals surface area contributed by atoms with Crippen LogP contribution < -0.4 is 4.74 Å². The molecule has 0 unspecified atom stereocenters. The fraction of sp³-hybridized carbons (Fsp3) is 0.571. The lowest BCUT2D eigenvalue weighted by Crippen LogP contribution is -2.15. The third kappa shape index (κ3) is 3.89. The van der Waals surface area contributed by atoms with Crippen molar-refractivity contribution in [3.05, 3.63) is 28.2 Å². The third-order valence-electron chi connectivity index (χ3n) is 3.37. The summed E-state index contributed by atoms with van der Waals surface area (Å²) in [7, 11) is 0. The lowest BCUT2D eigenvalue weighted by Gasteiger charge is -2.21. The van der Waals surface area contributed by atoms with Crippen LogP contribution in [-0.4, -0.2) is 6.61 Å². The minimum Gasteiger partial charge on any atom is -0.493 e. The van der Waals surface area contributed by atoms with Gasteiger partial charge in [-0.2, -0.15) is 0 Å². The zero-order valence-electron chi connectivity index (χ0n) is 9.92. The Balaban J connectivity index is 1.89.